The van der Waals surface area contributed by atoms with E-state index < -0.39 is 0 Å². The van der Waals surface area contributed by atoms with E-state index in [9.17, 15) is 4.79 Å². The van der Waals surface area contributed by atoms with E-state index in [1.54, 1.807) is 29.6 Å². The second-order valence-corrected chi connectivity index (χ2v) is 4.79. The fraction of sp³-hybridized carbons (Fsp3) is 0.308. The number of hydrogen-bond donors (Lipinski definition) is 0. The van der Waals surface area contributed by atoms with E-state index in [0.29, 0.717) is 18.7 Å². The molecular weight excluding hydrogens is 280 g/mol. The summed E-state index contributed by atoms with van der Waals surface area (Å²) in [6.45, 7) is 2.69. The lowest BCUT2D eigenvalue weighted by atomic mass is 10.2. The molecule has 6 nitrogen and oxygen atoms in total. The molecule has 1 fully saturated rings. The highest BCUT2D eigenvalue weighted by Gasteiger charge is 2.25. The van der Waals surface area contributed by atoms with Crippen LogP contribution in [0.25, 0.3) is 0 Å². The first-order valence-corrected chi connectivity index (χ1v) is 6.67. The highest BCUT2D eigenvalue weighted by molar-refractivity contribution is 6.32. The predicted molar refractivity (Wildman–Crippen MR) is 73.9 cm³/mol. The maximum Gasteiger partial charge on any atom is 0.258 e. The Kier molecular flexibility index (Phi) is 3.56. The van der Waals surface area contributed by atoms with Crippen molar-refractivity contribution < 1.29 is 9.21 Å². The molecule has 0 bridgehead atoms. The minimum absolute atomic E-state index is 0.0949. The van der Waals surface area contributed by atoms with Crippen molar-refractivity contribution in [3.8, 4) is 0 Å². The summed E-state index contributed by atoms with van der Waals surface area (Å²) in [6, 6.07) is 1.60. The van der Waals surface area contributed by atoms with Gasteiger partial charge in [0.05, 0.1) is 18.0 Å². The Balaban J connectivity index is 1.64. The van der Waals surface area contributed by atoms with Crippen molar-refractivity contribution in [3.05, 3.63) is 41.7 Å². The van der Waals surface area contributed by atoms with Crippen LogP contribution in [0.2, 0.25) is 5.22 Å². The van der Waals surface area contributed by atoms with Crippen molar-refractivity contribution in [3.63, 3.8) is 0 Å². The molecule has 0 spiro atoms. The molecule has 3 rings (SSSR count). The Morgan fingerprint density at radius 2 is 2.05 bits per heavy atom. The molecule has 0 aromatic carbocycles. The van der Waals surface area contributed by atoms with Gasteiger partial charge in [-0.15, -0.1) is 0 Å². The van der Waals surface area contributed by atoms with Crippen LogP contribution in [0, 0.1) is 0 Å². The van der Waals surface area contributed by atoms with Crippen LogP contribution in [0.15, 0.2) is 35.3 Å². The highest BCUT2D eigenvalue weighted by atomic mass is 35.5. The zero-order valence-corrected chi connectivity index (χ0v) is 11.5. The number of halogens is 1. The summed E-state index contributed by atoms with van der Waals surface area (Å²) in [7, 11) is 0. The van der Waals surface area contributed by atoms with Crippen LogP contribution >= 0.6 is 11.6 Å². The molecule has 0 aliphatic carbocycles. The molecule has 7 heteroatoms. The van der Waals surface area contributed by atoms with Crippen molar-refractivity contribution in [1.82, 2.24) is 14.9 Å². The SMILES string of the molecule is O=C(c1ccoc1Cl)N1CCN(c2cnccn2)CC1. The van der Waals surface area contributed by atoms with Crippen LogP contribution in [-0.2, 0) is 0 Å². The van der Waals surface area contributed by atoms with E-state index in [-0.39, 0.29) is 11.1 Å². The molecule has 0 unspecified atom stereocenters. The number of furan rings is 1. The second kappa shape index (κ2) is 5.50. The van der Waals surface area contributed by atoms with E-state index in [4.69, 9.17) is 16.0 Å². The van der Waals surface area contributed by atoms with Gasteiger partial charge in [-0.3, -0.25) is 9.78 Å². The van der Waals surface area contributed by atoms with Gasteiger partial charge >= 0.3 is 0 Å². The summed E-state index contributed by atoms with van der Waals surface area (Å²) >= 11 is 5.84. The molecule has 2 aromatic heterocycles. The zero-order valence-electron chi connectivity index (χ0n) is 10.7. The number of amides is 1. The average Bonchev–Trinajstić information content (AvgIpc) is 2.94. The van der Waals surface area contributed by atoms with Gasteiger partial charge in [0, 0.05) is 38.6 Å². The first-order chi connectivity index (χ1) is 9.75. The molecule has 104 valence electrons. The number of aromatic nitrogens is 2. The summed E-state index contributed by atoms with van der Waals surface area (Å²) in [6.07, 6.45) is 6.46. The summed E-state index contributed by atoms with van der Waals surface area (Å²) < 4.78 is 4.96. The number of anilines is 1. The Bertz CT molecular complexity index is 593. The van der Waals surface area contributed by atoms with Crippen molar-refractivity contribution in [1.29, 1.82) is 0 Å². The lowest BCUT2D eigenvalue weighted by Gasteiger charge is -2.35. The van der Waals surface area contributed by atoms with Gasteiger partial charge in [-0.05, 0) is 17.7 Å². The van der Waals surface area contributed by atoms with Crippen LogP contribution in [0.5, 0.6) is 0 Å². The largest absolute Gasteiger partial charge is 0.452 e. The monoisotopic (exact) mass is 292 g/mol. The number of piperazine rings is 1. The molecule has 1 aliphatic heterocycles. The highest BCUT2D eigenvalue weighted by Crippen LogP contribution is 2.20. The third-order valence-corrected chi connectivity index (χ3v) is 3.58. The number of carbonyl (C=O) groups excluding carboxylic acids is 1. The van der Waals surface area contributed by atoms with E-state index in [1.807, 2.05) is 0 Å². The number of rotatable bonds is 2. The van der Waals surface area contributed by atoms with Crippen molar-refractivity contribution >= 4 is 23.3 Å². The summed E-state index contributed by atoms with van der Waals surface area (Å²) in [4.78, 5) is 24.4. The summed E-state index contributed by atoms with van der Waals surface area (Å²) in [5.74, 6) is 0.739. The third-order valence-electron chi connectivity index (χ3n) is 3.29. The van der Waals surface area contributed by atoms with Gasteiger partial charge < -0.3 is 14.2 Å². The molecule has 0 saturated carbocycles. The molecule has 1 saturated heterocycles. The average molecular weight is 293 g/mol. The van der Waals surface area contributed by atoms with Crippen LogP contribution in [-0.4, -0.2) is 47.0 Å². The van der Waals surface area contributed by atoms with Crippen LogP contribution in [0.1, 0.15) is 10.4 Å². The topological polar surface area (TPSA) is 62.5 Å². The normalized spacial score (nSPS) is 15.4. The Labute approximate surface area is 121 Å². The fourth-order valence-corrected chi connectivity index (χ4v) is 2.40. The molecule has 0 N–H and O–H groups in total. The lowest BCUT2D eigenvalue weighted by molar-refractivity contribution is 0.0746. The minimum Gasteiger partial charge on any atom is -0.452 e. The van der Waals surface area contributed by atoms with Crippen molar-refractivity contribution in [2.45, 2.75) is 0 Å². The molecular formula is C13H13ClN4O2. The summed E-state index contributed by atoms with van der Waals surface area (Å²) in [5.41, 5.74) is 0.416. The molecule has 0 atom stereocenters. The number of nitrogens with zero attached hydrogens (tertiary/aromatic N) is 4. The van der Waals surface area contributed by atoms with Gasteiger partial charge in [0.1, 0.15) is 5.82 Å². The smallest absolute Gasteiger partial charge is 0.258 e. The Morgan fingerprint density at radius 1 is 1.25 bits per heavy atom. The first-order valence-electron chi connectivity index (χ1n) is 6.29. The van der Waals surface area contributed by atoms with E-state index >= 15 is 0 Å². The van der Waals surface area contributed by atoms with Gasteiger partial charge in [0.25, 0.3) is 5.91 Å². The van der Waals surface area contributed by atoms with Gasteiger partial charge in [-0.1, -0.05) is 0 Å². The molecule has 20 heavy (non-hydrogen) atoms. The predicted octanol–water partition coefficient (Wildman–Crippen LogP) is 1.69. The van der Waals surface area contributed by atoms with Crippen LogP contribution in [0.3, 0.4) is 0 Å². The number of carbonyl (C=O) groups is 1. The molecule has 1 amide bonds. The maximum absolute atomic E-state index is 12.3. The Morgan fingerprint density at radius 3 is 2.65 bits per heavy atom. The second-order valence-electron chi connectivity index (χ2n) is 4.45. The standard InChI is InChI=1S/C13H13ClN4O2/c14-12-10(1-8-20-12)13(19)18-6-4-17(5-7-18)11-9-15-2-3-16-11/h1-3,8-9H,4-7H2. The van der Waals surface area contributed by atoms with Gasteiger partial charge in [0.15, 0.2) is 0 Å². The third kappa shape index (κ3) is 2.46. The zero-order chi connectivity index (χ0) is 13.9. The van der Waals surface area contributed by atoms with E-state index in [0.717, 1.165) is 18.9 Å². The molecule has 1 aliphatic rings. The molecule has 3 heterocycles. The fourth-order valence-electron chi connectivity index (χ4n) is 2.21. The molecule has 2 aromatic rings. The lowest BCUT2D eigenvalue weighted by Crippen LogP contribution is -2.49. The minimum atomic E-state index is -0.0949. The maximum atomic E-state index is 12.3. The van der Waals surface area contributed by atoms with Crippen LogP contribution in [0.4, 0.5) is 5.82 Å². The van der Waals surface area contributed by atoms with Crippen molar-refractivity contribution in [2.75, 3.05) is 31.1 Å². The van der Waals surface area contributed by atoms with Gasteiger partial charge in [-0.2, -0.15) is 0 Å². The van der Waals surface area contributed by atoms with Crippen LogP contribution < -0.4 is 4.90 Å². The van der Waals surface area contributed by atoms with Gasteiger partial charge in [0.2, 0.25) is 5.22 Å². The first kappa shape index (κ1) is 12.9. The van der Waals surface area contributed by atoms with E-state index in [1.165, 1.54) is 6.26 Å². The Hall–Kier alpha value is -2.08. The number of hydrogen-bond acceptors (Lipinski definition) is 5. The van der Waals surface area contributed by atoms with Gasteiger partial charge in [-0.25, -0.2) is 4.98 Å². The summed E-state index contributed by atoms with van der Waals surface area (Å²) in [5, 5.41) is 0.145. The van der Waals surface area contributed by atoms with Crippen molar-refractivity contribution in [2.24, 2.45) is 0 Å². The van der Waals surface area contributed by atoms with E-state index in [2.05, 4.69) is 14.9 Å². The molecule has 0 radical (unpaired) electrons. The quantitative estimate of drug-likeness (QED) is 0.843.